The molecule has 0 spiro atoms. The van der Waals surface area contributed by atoms with Gasteiger partial charge in [-0.25, -0.2) is 4.98 Å². The maximum atomic E-state index is 13.3. The highest BCUT2D eigenvalue weighted by Gasteiger charge is 2.16. The summed E-state index contributed by atoms with van der Waals surface area (Å²) in [6.45, 7) is 4.17. The van der Waals surface area contributed by atoms with E-state index in [0.717, 1.165) is 11.3 Å². The Hall–Kier alpha value is -3.09. The van der Waals surface area contributed by atoms with Crippen LogP contribution >= 0.6 is 23.4 Å². The molecule has 0 atom stereocenters. The van der Waals surface area contributed by atoms with E-state index in [1.807, 2.05) is 36.4 Å². The summed E-state index contributed by atoms with van der Waals surface area (Å²) >= 11 is 7.25. The molecule has 0 fully saturated rings. The third kappa shape index (κ3) is 4.71. The van der Waals surface area contributed by atoms with Crippen LogP contribution in [-0.2, 0) is 4.79 Å². The third-order valence-electron chi connectivity index (χ3n) is 5.02. The van der Waals surface area contributed by atoms with Crippen LogP contribution in [0.5, 0.6) is 0 Å². The number of rotatable bonds is 6. The zero-order chi connectivity index (χ0) is 22.7. The van der Waals surface area contributed by atoms with Crippen molar-refractivity contribution in [1.29, 1.82) is 0 Å². The van der Waals surface area contributed by atoms with Gasteiger partial charge in [-0.2, -0.15) is 0 Å². The summed E-state index contributed by atoms with van der Waals surface area (Å²) < 4.78 is 1.53. The summed E-state index contributed by atoms with van der Waals surface area (Å²) in [5, 5.41) is 4.53. The first kappa shape index (κ1) is 22.1. The third-order valence-corrected chi connectivity index (χ3v) is 6.21. The molecule has 3 aromatic carbocycles. The van der Waals surface area contributed by atoms with Gasteiger partial charge < -0.3 is 5.32 Å². The van der Waals surface area contributed by atoms with Gasteiger partial charge in [0.15, 0.2) is 5.16 Å². The molecule has 5 nitrogen and oxygen atoms in total. The van der Waals surface area contributed by atoms with Crippen LogP contribution in [-0.4, -0.2) is 21.2 Å². The molecule has 162 valence electrons. The van der Waals surface area contributed by atoms with E-state index in [9.17, 15) is 9.59 Å². The van der Waals surface area contributed by atoms with E-state index in [0.29, 0.717) is 26.8 Å². The number of hydrogen-bond acceptors (Lipinski definition) is 4. The lowest BCUT2D eigenvalue weighted by molar-refractivity contribution is -0.113. The Bertz CT molecular complexity index is 1330. The second-order valence-corrected chi connectivity index (χ2v) is 8.99. The first-order chi connectivity index (χ1) is 15.4. The van der Waals surface area contributed by atoms with Crippen molar-refractivity contribution in [3.8, 4) is 5.69 Å². The Morgan fingerprint density at radius 3 is 2.47 bits per heavy atom. The fraction of sp³-hybridized carbons (Fsp3) is 0.160. The molecule has 0 aliphatic carbocycles. The molecule has 0 saturated heterocycles. The molecule has 1 heterocycles. The van der Waals surface area contributed by atoms with Crippen molar-refractivity contribution in [3.63, 3.8) is 0 Å². The summed E-state index contributed by atoms with van der Waals surface area (Å²) in [4.78, 5) is 30.7. The summed E-state index contributed by atoms with van der Waals surface area (Å²) in [6.07, 6.45) is 0. The van der Waals surface area contributed by atoms with Crippen LogP contribution in [0.15, 0.2) is 82.7 Å². The lowest BCUT2D eigenvalue weighted by Crippen LogP contribution is -2.23. The van der Waals surface area contributed by atoms with E-state index in [-0.39, 0.29) is 23.1 Å². The van der Waals surface area contributed by atoms with Crippen LogP contribution in [0.25, 0.3) is 16.6 Å². The van der Waals surface area contributed by atoms with Gasteiger partial charge in [-0.05, 0) is 53.9 Å². The largest absolute Gasteiger partial charge is 0.325 e. The lowest BCUT2D eigenvalue weighted by atomic mass is 10.0. The maximum absolute atomic E-state index is 13.3. The van der Waals surface area contributed by atoms with Crippen LogP contribution in [0.2, 0.25) is 5.02 Å². The Labute approximate surface area is 195 Å². The van der Waals surface area contributed by atoms with E-state index in [4.69, 9.17) is 11.6 Å². The van der Waals surface area contributed by atoms with E-state index in [2.05, 4.69) is 24.1 Å². The minimum absolute atomic E-state index is 0.116. The molecule has 1 amide bonds. The van der Waals surface area contributed by atoms with Crippen molar-refractivity contribution in [2.45, 2.75) is 24.9 Å². The number of halogens is 1. The van der Waals surface area contributed by atoms with Crippen LogP contribution in [0.1, 0.15) is 25.3 Å². The Balaban J connectivity index is 1.65. The molecule has 0 bridgehead atoms. The van der Waals surface area contributed by atoms with Crippen LogP contribution in [0.4, 0.5) is 5.69 Å². The molecule has 7 heteroatoms. The molecular formula is C25H22ClN3O2S. The highest BCUT2D eigenvalue weighted by Crippen LogP contribution is 2.25. The molecule has 4 rings (SSSR count). The van der Waals surface area contributed by atoms with Gasteiger partial charge >= 0.3 is 0 Å². The van der Waals surface area contributed by atoms with Gasteiger partial charge in [0.1, 0.15) is 0 Å². The normalized spacial score (nSPS) is 11.1. The molecule has 0 unspecified atom stereocenters. The fourth-order valence-electron chi connectivity index (χ4n) is 3.46. The molecular weight excluding hydrogens is 442 g/mol. The zero-order valence-electron chi connectivity index (χ0n) is 17.7. The van der Waals surface area contributed by atoms with Gasteiger partial charge in [-0.15, -0.1) is 0 Å². The topological polar surface area (TPSA) is 64.0 Å². The summed E-state index contributed by atoms with van der Waals surface area (Å²) in [6, 6.07) is 22.0. The summed E-state index contributed by atoms with van der Waals surface area (Å²) in [7, 11) is 0. The van der Waals surface area contributed by atoms with Crippen LogP contribution in [0.3, 0.4) is 0 Å². The maximum Gasteiger partial charge on any atom is 0.266 e. The van der Waals surface area contributed by atoms with E-state index in [1.54, 1.807) is 36.4 Å². The number of carbonyl (C=O) groups excluding carboxylic acids is 1. The van der Waals surface area contributed by atoms with Gasteiger partial charge in [0, 0.05) is 10.7 Å². The molecule has 1 aromatic heterocycles. The number of aromatic nitrogens is 2. The fourth-order valence-corrected chi connectivity index (χ4v) is 4.40. The number of carbonyl (C=O) groups is 1. The minimum Gasteiger partial charge on any atom is -0.325 e. The molecule has 0 radical (unpaired) electrons. The number of anilines is 1. The number of para-hydroxylation sites is 2. The molecule has 0 aliphatic heterocycles. The number of thioether (sulfide) groups is 1. The number of nitrogens with zero attached hydrogens (tertiary/aromatic N) is 2. The molecule has 0 aliphatic rings. The van der Waals surface area contributed by atoms with Gasteiger partial charge in [-0.3, -0.25) is 14.2 Å². The average Bonchev–Trinajstić information content (AvgIpc) is 2.79. The average molecular weight is 464 g/mol. The van der Waals surface area contributed by atoms with Crippen molar-refractivity contribution < 1.29 is 4.79 Å². The monoisotopic (exact) mass is 463 g/mol. The van der Waals surface area contributed by atoms with Gasteiger partial charge in [0.05, 0.1) is 22.3 Å². The van der Waals surface area contributed by atoms with Gasteiger partial charge in [0.2, 0.25) is 5.91 Å². The number of nitrogens with one attached hydrogen (secondary N) is 1. The standard InChI is InChI=1S/C25H22ClN3O2S/c1-16(2)19-7-3-5-9-21(19)27-23(30)15-32-25-28-22-10-6-4-8-20(22)24(31)29(25)18-13-11-17(26)12-14-18/h3-14,16H,15H2,1-2H3,(H,27,30). The smallest absolute Gasteiger partial charge is 0.266 e. The molecule has 32 heavy (non-hydrogen) atoms. The number of amides is 1. The highest BCUT2D eigenvalue weighted by molar-refractivity contribution is 7.99. The van der Waals surface area contributed by atoms with Gasteiger partial charge in [-0.1, -0.05) is 67.5 Å². The lowest BCUT2D eigenvalue weighted by Gasteiger charge is -2.15. The number of hydrogen-bond donors (Lipinski definition) is 1. The minimum atomic E-state index is -0.189. The van der Waals surface area contributed by atoms with Crippen LogP contribution < -0.4 is 10.9 Å². The molecule has 0 saturated carbocycles. The van der Waals surface area contributed by atoms with Crippen molar-refractivity contribution in [3.05, 3.63) is 93.7 Å². The summed E-state index contributed by atoms with van der Waals surface area (Å²) in [5.41, 5.74) is 2.93. The Morgan fingerprint density at radius 1 is 1.03 bits per heavy atom. The Morgan fingerprint density at radius 2 is 1.72 bits per heavy atom. The summed E-state index contributed by atoms with van der Waals surface area (Å²) in [5.74, 6) is 0.245. The quantitative estimate of drug-likeness (QED) is 0.286. The van der Waals surface area contributed by atoms with E-state index >= 15 is 0 Å². The van der Waals surface area contributed by atoms with Crippen LogP contribution in [0, 0.1) is 0 Å². The van der Waals surface area contributed by atoms with E-state index in [1.165, 1.54) is 16.3 Å². The number of fused-ring (bicyclic) bond motifs is 1. The number of benzene rings is 3. The molecule has 1 N–H and O–H groups in total. The highest BCUT2D eigenvalue weighted by atomic mass is 35.5. The first-order valence-corrected chi connectivity index (χ1v) is 11.6. The predicted molar refractivity (Wildman–Crippen MR) is 132 cm³/mol. The predicted octanol–water partition coefficient (Wildman–Crippen LogP) is 5.89. The van der Waals surface area contributed by atoms with E-state index < -0.39 is 0 Å². The van der Waals surface area contributed by atoms with Gasteiger partial charge in [0.25, 0.3) is 5.56 Å². The SMILES string of the molecule is CC(C)c1ccccc1NC(=O)CSc1nc2ccccc2c(=O)n1-c1ccc(Cl)cc1. The van der Waals surface area contributed by atoms with Crippen molar-refractivity contribution in [2.75, 3.05) is 11.1 Å². The second kappa shape index (κ2) is 9.59. The zero-order valence-corrected chi connectivity index (χ0v) is 19.3. The van der Waals surface area contributed by atoms with Crippen molar-refractivity contribution in [1.82, 2.24) is 9.55 Å². The van der Waals surface area contributed by atoms with Crippen molar-refractivity contribution >= 4 is 45.9 Å². The first-order valence-electron chi connectivity index (χ1n) is 10.2. The van der Waals surface area contributed by atoms with Crippen molar-refractivity contribution in [2.24, 2.45) is 0 Å². The Kier molecular flexibility index (Phi) is 6.63. The second-order valence-electron chi connectivity index (χ2n) is 7.61. The molecule has 4 aromatic rings.